The number of fused-ring (bicyclic) bond motifs is 1. The van der Waals surface area contributed by atoms with Crippen molar-refractivity contribution >= 4 is 5.69 Å². The third kappa shape index (κ3) is 3.51. The smallest absolute Gasteiger partial charge is 0.0385 e. The normalized spacial score (nSPS) is 18.8. The lowest BCUT2D eigenvalue weighted by atomic mass is 10.1. The summed E-state index contributed by atoms with van der Waals surface area (Å²) in [5.41, 5.74) is 2.65. The highest BCUT2D eigenvalue weighted by molar-refractivity contribution is 5.50. The van der Waals surface area contributed by atoms with Gasteiger partial charge in [0.15, 0.2) is 0 Å². The second-order valence-corrected chi connectivity index (χ2v) is 4.22. The summed E-state index contributed by atoms with van der Waals surface area (Å²) in [6.45, 7) is 5.32. The summed E-state index contributed by atoms with van der Waals surface area (Å²) < 4.78 is 0. The number of nitrogens with one attached hydrogen (secondary N) is 3. The first kappa shape index (κ1) is 11.4. The largest absolute Gasteiger partial charge is 0.385 e. The summed E-state index contributed by atoms with van der Waals surface area (Å²) in [6.07, 6.45) is 2.39. The molecule has 0 aromatic heterocycles. The first-order valence-corrected chi connectivity index (χ1v) is 6.20. The van der Waals surface area contributed by atoms with E-state index in [1.165, 1.54) is 24.1 Å². The lowest BCUT2D eigenvalue weighted by Gasteiger charge is -2.14. The van der Waals surface area contributed by atoms with Crippen molar-refractivity contribution in [1.82, 2.24) is 10.6 Å². The Morgan fingerprint density at radius 2 is 1.56 bits per heavy atom. The van der Waals surface area contributed by atoms with Crippen LogP contribution in [0.15, 0.2) is 24.3 Å². The molecule has 0 spiro atoms. The molecule has 0 saturated carbocycles. The average Bonchev–Trinajstić information content (AvgIpc) is 2.30. The van der Waals surface area contributed by atoms with Crippen LogP contribution in [0.3, 0.4) is 0 Å². The number of benzene rings is 1. The van der Waals surface area contributed by atoms with Crippen LogP contribution >= 0.6 is 0 Å². The van der Waals surface area contributed by atoms with E-state index in [9.17, 15) is 0 Å². The first-order chi connectivity index (χ1) is 7.97. The summed E-state index contributed by atoms with van der Waals surface area (Å²) >= 11 is 0. The summed E-state index contributed by atoms with van der Waals surface area (Å²) in [4.78, 5) is 0. The molecule has 0 unspecified atom stereocenters. The van der Waals surface area contributed by atoms with Crippen molar-refractivity contribution < 1.29 is 0 Å². The van der Waals surface area contributed by atoms with E-state index in [4.69, 9.17) is 0 Å². The van der Waals surface area contributed by atoms with Gasteiger partial charge in [0.2, 0.25) is 0 Å². The molecule has 16 heavy (non-hydrogen) atoms. The molecule has 0 atom stereocenters. The molecule has 3 N–H and O–H groups in total. The second kappa shape index (κ2) is 6.51. The summed E-state index contributed by atoms with van der Waals surface area (Å²) in [7, 11) is 0. The highest BCUT2D eigenvalue weighted by Gasteiger charge is 2.01. The number of para-hydroxylation sites is 1. The van der Waals surface area contributed by atoms with Gasteiger partial charge in [-0.2, -0.15) is 0 Å². The van der Waals surface area contributed by atoms with Gasteiger partial charge in [-0.3, -0.25) is 0 Å². The van der Waals surface area contributed by atoms with Gasteiger partial charge in [0, 0.05) is 18.8 Å². The van der Waals surface area contributed by atoms with Crippen molar-refractivity contribution in [2.24, 2.45) is 0 Å². The van der Waals surface area contributed by atoms with E-state index in [1.807, 2.05) is 0 Å². The van der Waals surface area contributed by atoms with Gasteiger partial charge < -0.3 is 16.0 Å². The maximum atomic E-state index is 3.50. The van der Waals surface area contributed by atoms with E-state index in [-0.39, 0.29) is 0 Å². The molecule has 0 aliphatic carbocycles. The van der Waals surface area contributed by atoms with Gasteiger partial charge in [-0.05, 0) is 44.1 Å². The third-order valence-corrected chi connectivity index (χ3v) is 2.89. The Labute approximate surface area is 97.6 Å². The van der Waals surface area contributed by atoms with Crippen molar-refractivity contribution in [3.05, 3.63) is 29.8 Å². The second-order valence-electron chi connectivity index (χ2n) is 4.22. The zero-order valence-electron chi connectivity index (χ0n) is 9.76. The van der Waals surface area contributed by atoms with E-state index in [2.05, 4.69) is 40.2 Å². The van der Waals surface area contributed by atoms with Gasteiger partial charge in [0.05, 0.1) is 0 Å². The van der Waals surface area contributed by atoms with Crippen molar-refractivity contribution in [3.8, 4) is 0 Å². The lowest BCUT2D eigenvalue weighted by molar-refractivity contribution is 0.585. The maximum absolute atomic E-state index is 3.50. The Balaban J connectivity index is 1.99. The molecule has 1 aliphatic rings. The van der Waals surface area contributed by atoms with Crippen molar-refractivity contribution in [3.63, 3.8) is 0 Å². The monoisotopic (exact) mass is 219 g/mol. The van der Waals surface area contributed by atoms with E-state index in [0.717, 1.165) is 32.7 Å². The van der Waals surface area contributed by atoms with E-state index < -0.39 is 0 Å². The fourth-order valence-electron chi connectivity index (χ4n) is 1.97. The summed E-state index contributed by atoms with van der Waals surface area (Å²) in [5.74, 6) is 0. The molecule has 3 nitrogen and oxygen atoms in total. The average molecular weight is 219 g/mol. The van der Waals surface area contributed by atoms with Crippen LogP contribution in [-0.4, -0.2) is 26.2 Å². The van der Waals surface area contributed by atoms with Crippen LogP contribution in [-0.2, 0) is 6.54 Å². The predicted octanol–water partition coefficient (Wildman–Crippen LogP) is 1.57. The van der Waals surface area contributed by atoms with Crippen LogP contribution in [0.5, 0.6) is 0 Å². The minimum absolute atomic E-state index is 0.961. The molecule has 2 rings (SSSR count). The van der Waals surface area contributed by atoms with E-state index >= 15 is 0 Å². The standard InChI is InChI=1S/C13H21N3/c1-2-6-13-12(5-1)11-15-9-3-7-14-8-4-10-16-13/h1-2,5-6,14-16H,3-4,7-11H2. The molecule has 0 amide bonds. The molecule has 1 aliphatic heterocycles. The van der Waals surface area contributed by atoms with E-state index in [1.54, 1.807) is 0 Å². The number of rotatable bonds is 0. The SMILES string of the molecule is c1ccc2c(c1)CNCCCNCCCN2. The Kier molecular flexibility index (Phi) is 4.65. The topological polar surface area (TPSA) is 36.1 Å². The molecular formula is C13H21N3. The predicted molar refractivity (Wildman–Crippen MR) is 68.7 cm³/mol. The zero-order valence-corrected chi connectivity index (χ0v) is 9.76. The van der Waals surface area contributed by atoms with Crippen molar-refractivity contribution in [2.75, 3.05) is 31.5 Å². The molecule has 0 fully saturated rings. The van der Waals surface area contributed by atoms with Crippen LogP contribution in [0.4, 0.5) is 5.69 Å². The Bertz CT molecular complexity index is 281. The molecular weight excluding hydrogens is 198 g/mol. The molecule has 0 bridgehead atoms. The fraction of sp³-hybridized carbons (Fsp3) is 0.538. The summed E-state index contributed by atoms with van der Waals surface area (Å²) in [5, 5.41) is 10.4. The molecule has 1 aromatic carbocycles. The highest BCUT2D eigenvalue weighted by atomic mass is 14.9. The Morgan fingerprint density at radius 1 is 0.812 bits per heavy atom. The van der Waals surface area contributed by atoms with Gasteiger partial charge in [0.25, 0.3) is 0 Å². The summed E-state index contributed by atoms with van der Waals surface area (Å²) in [6, 6.07) is 8.56. The van der Waals surface area contributed by atoms with Gasteiger partial charge in [-0.1, -0.05) is 18.2 Å². The van der Waals surface area contributed by atoms with Crippen LogP contribution in [0.2, 0.25) is 0 Å². The zero-order chi connectivity index (χ0) is 11.1. The lowest BCUT2D eigenvalue weighted by Crippen LogP contribution is -2.25. The van der Waals surface area contributed by atoms with Gasteiger partial charge in [-0.15, -0.1) is 0 Å². The molecule has 88 valence electrons. The van der Waals surface area contributed by atoms with E-state index in [0.29, 0.717) is 0 Å². The number of hydrogen-bond donors (Lipinski definition) is 3. The minimum Gasteiger partial charge on any atom is -0.385 e. The molecule has 0 radical (unpaired) electrons. The highest BCUT2D eigenvalue weighted by Crippen LogP contribution is 2.14. The first-order valence-electron chi connectivity index (χ1n) is 6.20. The van der Waals surface area contributed by atoms with Gasteiger partial charge >= 0.3 is 0 Å². The Morgan fingerprint density at radius 3 is 2.50 bits per heavy atom. The van der Waals surface area contributed by atoms with Crippen LogP contribution in [0.25, 0.3) is 0 Å². The third-order valence-electron chi connectivity index (χ3n) is 2.89. The quantitative estimate of drug-likeness (QED) is 0.620. The maximum Gasteiger partial charge on any atom is 0.0385 e. The van der Waals surface area contributed by atoms with Crippen LogP contribution in [0, 0.1) is 0 Å². The van der Waals surface area contributed by atoms with Crippen LogP contribution < -0.4 is 16.0 Å². The molecule has 1 heterocycles. The number of hydrogen-bond acceptors (Lipinski definition) is 3. The van der Waals surface area contributed by atoms with Crippen molar-refractivity contribution in [1.29, 1.82) is 0 Å². The fourth-order valence-corrected chi connectivity index (χ4v) is 1.97. The number of anilines is 1. The minimum atomic E-state index is 0.961. The van der Waals surface area contributed by atoms with Gasteiger partial charge in [-0.25, -0.2) is 0 Å². The van der Waals surface area contributed by atoms with Gasteiger partial charge in [0.1, 0.15) is 0 Å². The van der Waals surface area contributed by atoms with Crippen molar-refractivity contribution in [2.45, 2.75) is 19.4 Å². The van der Waals surface area contributed by atoms with Crippen LogP contribution in [0.1, 0.15) is 18.4 Å². The Hall–Kier alpha value is -1.06. The molecule has 0 saturated heterocycles. The molecule has 1 aromatic rings. The molecule has 3 heteroatoms.